The first-order valence-electron chi connectivity index (χ1n) is 11.7. The number of ether oxygens (including phenoxy) is 2. The molecule has 5 rings (SSSR count). The summed E-state index contributed by atoms with van der Waals surface area (Å²) in [5.74, 6) is 0.209. The minimum absolute atomic E-state index is 0.0652. The molecule has 2 aliphatic rings. The monoisotopic (exact) mass is 548 g/mol. The van der Waals surface area contributed by atoms with E-state index >= 15 is 0 Å². The number of anilines is 1. The summed E-state index contributed by atoms with van der Waals surface area (Å²) in [4.78, 5) is 32.9. The smallest absolute Gasteiger partial charge is 0.266 e. The van der Waals surface area contributed by atoms with Crippen molar-refractivity contribution in [3.05, 3.63) is 94.0 Å². The van der Waals surface area contributed by atoms with Crippen LogP contribution >= 0.6 is 15.9 Å². The summed E-state index contributed by atoms with van der Waals surface area (Å²) in [5.41, 5.74) is 1.55. The molecule has 36 heavy (non-hydrogen) atoms. The Balaban J connectivity index is 1.60. The molecule has 0 saturated heterocycles. The number of carbonyl (C=O) groups is 2. The zero-order chi connectivity index (χ0) is 25.3. The van der Waals surface area contributed by atoms with E-state index in [0.29, 0.717) is 42.3 Å². The molecule has 1 N–H and O–H groups in total. The predicted octanol–water partition coefficient (Wildman–Crippen LogP) is 4.60. The molecule has 3 aromatic carbocycles. The van der Waals surface area contributed by atoms with E-state index in [4.69, 9.17) is 19.6 Å². The van der Waals surface area contributed by atoms with Crippen LogP contribution in [0.4, 0.5) is 5.69 Å². The first kappa shape index (κ1) is 24.2. The second kappa shape index (κ2) is 9.87. The number of aliphatic hydroxyl groups is 1. The van der Waals surface area contributed by atoms with Crippen molar-refractivity contribution in [1.82, 2.24) is 0 Å². The molecule has 1 spiro atoms. The molecule has 0 aromatic heterocycles. The second-order valence-corrected chi connectivity index (χ2v) is 9.63. The lowest BCUT2D eigenvalue weighted by Crippen LogP contribution is -2.56. The van der Waals surface area contributed by atoms with Crippen LogP contribution in [0.25, 0.3) is 0 Å². The summed E-state index contributed by atoms with van der Waals surface area (Å²) in [6.07, 6.45) is 0.0967. The van der Waals surface area contributed by atoms with E-state index in [1.54, 1.807) is 18.2 Å². The number of hydrogen-bond donors (Lipinski definition) is 1. The number of para-hydroxylation sites is 1. The minimum Gasteiger partial charge on any atom is -0.494 e. The van der Waals surface area contributed by atoms with Crippen molar-refractivity contribution in [2.24, 2.45) is 4.99 Å². The van der Waals surface area contributed by atoms with E-state index in [1.165, 1.54) is 11.8 Å². The summed E-state index contributed by atoms with van der Waals surface area (Å²) in [7, 11) is 0. The molecule has 0 radical (unpaired) electrons. The van der Waals surface area contributed by atoms with Crippen molar-refractivity contribution in [2.45, 2.75) is 31.4 Å². The normalized spacial score (nSPS) is 20.6. The third kappa shape index (κ3) is 4.20. The highest BCUT2D eigenvalue weighted by atomic mass is 79.9. The number of aliphatic imine (C=N–C) groups is 1. The summed E-state index contributed by atoms with van der Waals surface area (Å²) in [6.45, 7) is 1.86. The third-order valence-electron chi connectivity index (χ3n) is 6.41. The van der Waals surface area contributed by atoms with Crippen molar-refractivity contribution < 1.29 is 24.2 Å². The fraction of sp³-hybridized carbons (Fsp3) is 0.250. The SMILES string of the molecule is CC(=O)N1C(=O)[C@]2(Cc3ccccc31)N=C(c1ccc(OCCCO)cc1)O[C@@H]2c1ccccc1Br. The number of nitrogens with zero attached hydrogens (tertiary/aromatic N) is 2. The Bertz CT molecular complexity index is 1340. The van der Waals surface area contributed by atoms with E-state index in [-0.39, 0.29) is 12.5 Å². The minimum atomic E-state index is -1.35. The van der Waals surface area contributed by atoms with E-state index in [9.17, 15) is 9.59 Å². The molecule has 184 valence electrons. The van der Waals surface area contributed by atoms with Crippen LogP contribution < -0.4 is 9.64 Å². The average molecular weight is 549 g/mol. The quantitative estimate of drug-likeness (QED) is 0.454. The number of amides is 2. The van der Waals surface area contributed by atoms with Crippen molar-refractivity contribution >= 4 is 39.3 Å². The standard InChI is InChI=1S/C28H25BrN2O5/c1-18(33)31-24-10-5-2-7-20(24)17-28(27(31)34)25(22-8-3-4-9-23(22)29)36-26(30-28)19-11-13-21(14-12-19)35-16-6-15-32/h2-5,7-14,25,32H,6,15-17H2,1H3/t25-,28-/m1/s1. The number of imide groups is 1. The zero-order valence-electron chi connectivity index (χ0n) is 19.7. The Morgan fingerprint density at radius 3 is 2.58 bits per heavy atom. The molecule has 2 amide bonds. The predicted molar refractivity (Wildman–Crippen MR) is 139 cm³/mol. The van der Waals surface area contributed by atoms with Gasteiger partial charge in [-0.1, -0.05) is 52.3 Å². The first-order valence-corrected chi connectivity index (χ1v) is 12.5. The van der Waals surface area contributed by atoms with Gasteiger partial charge in [0.25, 0.3) is 5.91 Å². The van der Waals surface area contributed by atoms with Crippen molar-refractivity contribution in [1.29, 1.82) is 0 Å². The maximum Gasteiger partial charge on any atom is 0.266 e. The van der Waals surface area contributed by atoms with Gasteiger partial charge in [-0.3, -0.25) is 9.59 Å². The topological polar surface area (TPSA) is 88.4 Å². The summed E-state index contributed by atoms with van der Waals surface area (Å²) in [5, 5.41) is 8.96. The molecule has 8 heteroatoms. The van der Waals surface area contributed by atoms with Gasteiger partial charge in [-0.2, -0.15) is 0 Å². The highest BCUT2D eigenvalue weighted by molar-refractivity contribution is 9.10. The Kier molecular flexibility index (Phi) is 6.64. The van der Waals surface area contributed by atoms with Crippen LogP contribution in [0.2, 0.25) is 0 Å². The van der Waals surface area contributed by atoms with E-state index in [2.05, 4.69) is 15.9 Å². The number of halogens is 1. The average Bonchev–Trinajstić information content (AvgIpc) is 3.25. The highest BCUT2D eigenvalue weighted by Gasteiger charge is 2.58. The van der Waals surface area contributed by atoms with Gasteiger partial charge in [0.15, 0.2) is 11.6 Å². The summed E-state index contributed by atoms with van der Waals surface area (Å²) < 4.78 is 12.9. The lowest BCUT2D eigenvalue weighted by atomic mass is 9.78. The molecular weight excluding hydrogens is 524 g/mol. The second-order valence-electron chi connectivity index (χ2n) is 8.78. The van der Waals surface area contributed by atoms with Gasteiger partial charge in [-0.15, -0.1) is 0 Å². The maximum atomic E-state index is 14.1. The van der Waals surface area contributed by atoms with Gasteiger partial charge in [-0.05, 0) is 42.0 Å². The van der Waals surface area contributed by atoms with Gasteiger partial charge in [0.1, 0.15) is 5.75 Å². The third-order valence-corrected chi connectivity index (χ3v) is 7.13. The molecule has 0 unspecified atom stereocenters. The van der Waals surface area contributed by atoms with Crippen LogP contribution in [0, 0.1) is 0 Å². The first-order chi connectivity index (χ1) is 17.4. The van der Waals surface area contributed by atoms with Crippen LogP contribution in [0.3, 0.4) is 0 Å². The lowest BCUT2D eigenvalue weighted by Gasteiger charge is -2.39. The number of benzene rings is 3. The van der Waals surface area contributed by atoms with Gasteiger partial charge in [0.2, 0.25) is 11.8 Å². The molecule has 2 heterocycles. The summed E-state index contributed by atoms with van der Waals surface area (Å²) >= 11 is 3.61. The summed E-state index contributed by atoms with van der Waals surface area (Å²) in [6, 6.07) is 22.2. The number of aliphatic hydroxyl groups excluding tert-OH is 1. The Morgan fingerprint density at radius 1 is 1.14 bits per heavy atom. The lowest BCUT2D eigenvalue weighted by molar-refractivity contribution is -0.131. The molecule has 7 nitrogen and oxygen atoms in total. The molecule has 0 aliphatic carbocycles. The highest BCUT2D eigenvalue weighted by Crippen LogP contribution is 2.49. The van der Waals surface area contributed by atoms with Crippen molar-refractivity contribution in [3.63, 3.8) is 0 Å². The number of rotatable bonds is 6. The van der Waals surface area contributed by atoms with Crippen LogP contribution in [0.15, 0.2) is 82.3 Å². The van der Waals surface area contributed by atoms with Crippen LogP contribution in [-0.4, -0.2) is 41.6 Å². The fourth-order valence-electron chi connectivity index (χ4n) is 4.72. The van der Waals surface area contributed by atoms with Gasteiger partial charge >= 0.3 is 0 Å². The number of carbonyl (C=O) groups excluding carboxylic acids is 2. The molecular formula is C28H25BrN2O5. The molecule has 0 bridgehead atoms. The van der Waals surface area contributed by atoms with Gasteiger partial charge in [0.05, 0.1) is 12.3 Å². The van der Waals surface area contributed by atoms with Gasteiger partial charge in [0, 0.05) is 42.0 Å². The number of hydrogen-bond acceptors (Lipinski definition) is 6. The Morgan fingerprint density at radius 2 is 1.86 bits per heavy atom. The molecule has 2 aliphatic heterocycles. The largest absolute Gasteiger partial charge is 0.494 e. The van der Waals surface area contributed by atoms with E-state index in [0.717, 1.165) is 15.6 Å². The molecule has 0 saturated carbocycles. The molecule has 2 atom stereocenters. The Hall–Kier alpha value is -3.49. The van der Waals surface area contributed by atoms with E-state index in [1.807, 2.05) is 54.6 Å². The van der Waals surface area contributed by atoms with Crippen LogP contribution in [-0.2, 0) is 20.7 Å². The number of fused-ring (bicyclic) bond motifs is 1. The molecule has 0 fully saturated rings. The van der Waals surface area contributed by atoms with Gasteiger partial charge < -0.3 is 14.6 Å². The van der Waals surface area contributed by atoms with Crippen molar-refractivity contribution in [2.75, 3.05) is 18.1 Å². The Labute approximate surface area is 217 Å². The van der Waals surface area contributed by atoms with Crippen molar-refractivity contribution in [3.8, 4) is 5.75 Å². The van der Waals surface area contributed by atoms with Gasteiger partial charge in [-0.25, -0.2) is 9.89 Å². The zero-order valence-corrected chi connectivity index (χ0v) is 21.3. The molecule has 3 aromatic rings. The fourth-order valence-corrected chi connectivity index (χ4v) is 5.21. The van der Waals surface area contributed by atoms with E-state index < -0.39 is 17.6 Å². The van der Waals surface area contributed by atoms with Crippen LogP contribution in [0.5, 0.6) is 5.75 Å². The van der Waals surface area contributed by atoms with Crippen LogP contribution in [0.1, 0.15) is 36.1 Å². The maximum absolute atomic E-state index is 14.1.